The Kier molecular flexibility index (Phi) is 6.49. The molecule has 8 heteroatoms. The van der Waals surface area contributed by atoms with Crippen LogP contribution in [0.15, 0.2) is 18.5 Å². The monoisotopic (exact) mass is 375 g/mol. The molecule has 0 aromatic carbocycles. The number of rotatable bonds is 4. The summed E-state index contributed by atoms with van der Waals surface area (Å²) in [5.41, 5.74) is 0.925. The fraction of sp³-hybridized carbons (Fsp3) is 0.632. The van der Waals surface area contributed by atoms with Crippen molar-refractivity contribution in [1.29, 1.82) is 0 Å². The second-order valence-electron chi connectivity index (χ2n) is 7.08. The molecule has 0 radical (unpaired) electrons. The van der Waals surface area contributed by atoms with Crippen molar-refractivity contribution in [2.45, 2.75) is 25.8 Å². The van der Waals surface area contributed by atoms with E-state index in [2.05, 4.69) is 10.00 Å². The maximum Gasteiger partial charge on any atom is 0.409 e. The van der Waals surface area contributed by atoms with E-state index >= 15 is 0 Å². The van der Waals surface area contributed by atoms with Gasteiger partial charge >= 0.3 is 6.09 Å². The molecule has 0 saturated carbocycles. The van der Waals surface area contributed by atoms with Gasteiger partial charge in [0.05, 0.1) is 12.8 Å². The fourth-order valence-electron chi connectivity index (χ4n) is 3.74. The van der Waals surface area contributed by atoms with E-state index in [1.165, 1.54) is 0 Å². The number of hydrogen-bond donors (Lipinski definition) is 0. The zero-order valence-corrected chi connectivity index (χ0v) is 16.2. The highest BCUT2D eigenvalue weighted by molar-refractivity contribution is 5.91. The summed E-state index contributed by atoms with van der Waals surface area (Å²) in [7, 11) is 1.86. The lowest BCUT2D eigenvalue weighted by atomic mass is 10.0. The van der Waals surface area contributed by atoms with E-state index in [1.54, 1.807) is 21.9 Å². The number of carbonyl (C=O) groups excluding carboxylic acids is 2. The Bertz CT molecular complexity index is 679. The first-order valence-electron chi connectivity index (χ1n) is 9.68. The van der Waals surface area contributed by atoms with Crippen molar-refractivity contribution in [3.63, 3.8) is 0 Å². The topological polar surface area (TPSA) is 70.9 Å². The van der Waals surface area contributed by atoms with Crippen molar-refractivity contribution in [2.75, 3.05) is 45.9 Å². The van der Waals surface area contributed by atoms with Gasteiger partial charge in [-0.25, -0.2) is 4.79 Å². The normalized spacial score (nSPS) is 21.6. The summed E-state index contributed by atoms with van der Waals surface area (Å²) in [6.45, 7) is 6.81. The lowest BCUT2D eigenvalue weighted by Gasteiger charge is -2.42. The average molecular weight is 375 g/mol. The molecule has 27 heavy (non-hydrogen) atoms. The molecule has 2 amide bonds. The van der Waals surface area contributed by atoms with Crippen LogP contribution in [0.2, 0.25) is 0 Å². The standard InChI is InChI=1S/C19H29N5O3/c1-3-27-19(26)23-11-9-22(10-12-23)17-5-4-8-24(15-17)18(25)7-6-16-13-20-21(2)14-16/h6-7,13-14,17H,3-5,8-12,15H2,1-2H3/b7-6+. The Balaban J connectivity index is 1.50. The van der Waals surface area contributed by atoms with E-state index in [1.807, 2.05) is 31.1 Å². The maximum atomic E-state index is 12.5. The summed E-state index contributed by atoms with van der Waals surface area (Å²) in [5.74, 6) is 0.0497. The molecule has 2 fully saturated rings. The van der Waals surface area contributed by atoms with Gasteiger partial charge in [0.1, 0.15) is 0 Å². The van der Waals surface area contributed by atoms with Crippen LogP contribution in [0.3, 0.4) is 0 Å². The Morgan fingerprint density at radius 3 is 2.67 bits per heavy atom. The third kappa shape index (κ3) is 5.09. The van der Waals surface area contributed by atoms with Gasteiger partial charge in [-0.3, -0.25) is 14.4 Å². The van der Waals surface area contributed by atoms with Gasteiger partial charge in [0.15, 0.2) is 0 Å². The van der Waals surface area contributed by atoms with Gasteiger partial charge in [-0.05, 0) is 25.8 Å². The van der Waals surface area contributed by atoms with Crippen LogP contribution >= 0.6 is 0 Å². The van der Waals surface area contributed by atoms with Crippen LogP contribution < -0.4 is 0 Å². The highest BCUT2D eigenvalue weighted by Gasteiger charge is 2.30. The minimum absolute atomic E-state index is 0.0497. The molecule has 2 aliphatic heterocycles. The molecule has 1 aromatic heterocycles. The first kappa shape index (κ1) is 19.4. The van der Waals surface area contributed by atoms with E-state index < -0.39 is 0 Å². The number of likely N-dealkylation sites (tertiary alicyclic amines) is 1. The molecule has 1 unspecified atom stereocenters. The third-order valence-corrected chi connectivity index (χ3v) is 5.21. The SMILES string of the molecule is CCOC(=O)N1CCN(C2CCCN(C(=O)/C=C/c3cnn(C)c3)C2)CC1. The highest BCUT2D eigenvalue weighted by Crippen LogP contribution is 2.18. The number of amides is 2. The van der Waals surface area contributed by atoms with E-state index in [9.17, 15) is 9.59 Å². The number of nitrogens with zero attached hydrogens (tertiary/aromatic N) is 5. The van der Waals surface area contributed by atoms with Crippen LogP contribution in [0.25, 0.3) is 6.08 Å². The molecule has 0 aliphatic carbocycles. The van der Waals surface area contributed by atoms with Crippen LogP contribution in [0.4, 0.5) is 4.79 Å². The summed E-state index contributed by atoms with van der Waals surface area (Å²) >= 11 is 0. The third-order valence-electron chi connectivity index (χ3n) is 5.21. The van der Waals surface area contributed by atoms with Gasteiger partial charge in [-0.2, -0.15) is 5.10 Å². The molecule has 2 saturated heterocycles. The van der Waals surface area contributed by atoms with Crippen molar-refractivity contribution < 1.29 is 14.3 Å². The van der Waals surface area contributed by atoms with Gasteiger partial charge in [0.2, 0.25) is 5.91 Å². The van der Waals surface area contributed by atoms with Crippen molar-refractivity contribution >= 4 is 18.1 Å². The van der Waals surface area contributed by atoms with Crippen LogP contribution in [0, 0.1) is 0 Å². The van der Waals surface area contributed by atoms with Gasteiger partial charge < -0.3 is 14.5 Å². The second kappa shape index (κ2) is 9.03. The molecule has 148 valence electrons. The molecular formula is C19H29N5O3. The molecule has 0 bridgehead atoms. The Morgan fingerprint density at radius 2 is 2.00 bits per heavy atom. The molecule has 1 aromatic rings. The quantitative estimate of drug-likeness (QED) is 0.740. The molecular weight excluding hydrogens is 346 g/mol. The summed E-state index contributed by atoms with van der Waals surface area (Å²) in [6, 6.07) is 0.360. The molecule has 0 spiro atoms. The van der Waals surface area contributed by atoms with Crippen LogP contribution in [0.1, 0.15) is 25.3 Å². The van der Waals surface area contributed by atoms with Crippen LogP contribution in [0.5, 0.6) is 0 Å². The lowest BCUT2D eigenvalue weighted by Crippen LogP contribution is -2.56. The minimum Gasteiger partial charge on any atom is -0.450 e. The summed E-state index contributed by atoms with van der Waals surface area (Å²) in [5, 5.41) is 4.11. The molecule has 3 rings (SSSR count). The number of aryl methyl sites for hydroxylation is 1. The predicted octanol–water partition coefficient (Wildman–Crippen LogP) is 1.20. The first-order valence-corrected chi connectivity index (χ1v) is 9.68. The predicted molar refractivity (Wildman–Crippen MR) is 102 cm³/mol. The largest absolute Gasteiger partial charge is 0.450 e. The van der Waals surface area contributed by atoms with E-state index in [0.717, 1.165) is 44.6 Å². The molecule has 1 atom stereocenters. The van der Waals surface area contributed by atoms with Crippen molar-refractivity contribution in [2.24, 2.45) is 7.05 Å². The number of aromatic nitrogens is 2. The molecule has 8 nitrogen and oxygen atoms in total. The van der Waals surface area contributed by atoms with Gasteiger partial charge in [0.25, 0.3) is 0 Å². The Morgan fingerprint density at radius 1 is 1.22 bits per heavy atom. The molecule has 2 aliphatic rings. The van der Waals surface area contributed by atoms with Crippen LogP contribution in [-0.4, -0.2) is 88.4 Å². The van der Waals surface area contributed by atoms with E-state index in [0.29, 0.717) is 25.7 Å². The highest BCUT2D eigenvalue weighted by atomic mass is 16.6. The number of piperazine rings is 1. The van der Waals surface area contributed by atoms with Crippen molar-refractivity contribution in [3.05, 3.63) is 24.0 Å². The second-order valence-corrected chi connectivity index (χ2v) is 7.08. The lowest BCUT2D eigenvalue weighted by molar-refractivity contribution is -0.128. The number of carbonyl (C=O) groups is 2. The number of piperidine rings is 1. The Labute approximate surface area is 160 Å². The summed E-state index contributed by atoms with van der Waals surface area (Å²) in [4.78, 5) is 30.5. The van der Waals surface area contributed by atoms with Crippen LogP contribution in [-0.2, 0) is 16.6 Å². The molecule has 0 N–H and O–H groups in total. The zero-order valence-electron chi connectivity index (χ0n) is 16.2. The molecule has 3 heterocycles. The Hall–Kier alpha value is -2.35. The summed E-state index contributed by atoms with van der Waals surface area (Å²) in [6.07, 6.45) is 8.95. The number of hydrogen-bond acceptors (Lipinski definition) is 5. The van der Waals surface area contributed by atoms with Gasteiger partial charge in [0, 0.05) is 70.2 Å². The van der Waals surface area contributed by atoms with Crippen molar-refractivity contribution in [3.8, 4) is 0 Å². The zero-order chi connectivity index (χ0) is 19.2. The van der Waals surface area contributed by atoms with Crippen molar-refractivity contribution in [1.82, 2.24) is 24.5 Å². The smallest absolute Gasteiger partial charge is 0.409 e. The minimum atomic E-state index is -0.224. The summed E-state index contributed by atoms with van der Waals surface area (Å²) < 4.78 is 6.80. The maximum absolute atomic E-state index is 12.5. The van der Waals surface area contributed by atoms with E-state index in [4.69, 9.17) is 4.74 Å². The fourth-order valence-corrected chi connectivity index (χ4v) is 3.74. The van der Waals surface area contributed by atoms with Gasteiger partial charge in [-0.1, -0.05) is 0 Å². The first-order chi connectivity index (χ1) is 13.1. The van der Waals surface area contributed by atoms with Gasteiger partial charge in [-0.15, -0.1) is 0 Å². The number of ether oxygens (including phenoxy) is 1. The average Bonchev–Trinajstić information content (AvgIpc) is 3.12. The van der Waals surface area contributed by atoms with E-state index in [-0.39, 0.29) is 12.0 Å².